The van der Waals surface area contributed by atoms with Gasteiger partial charge in [0.1, 0.15) is 17.9 Å². The van der Waals surface area contributed by atoms with Crippen LogP contribution >= 0.6 is 0 Å². The van der Waals surface area contributed by atoms with E-state index in [1.807, 2.05) is 0 Å². The number of aliphatic hydroxyl groups is 1. The van der Waals surface area contributed by atoms with E-state index in [1.54, 1.807) is 12.1 Å². The predicted molar refractivity (Wildman–Crippen MR) is 39.8 cm³/mol. The lowest BCUT2D eigenvalue weighted by Crippen LogP contribution is -2.05. The molecule has 1 fully saturated rings. The minimum atomic E-state index is -0.203. The second-order valence-electron chi connectivity index (χ2n) is 2.54. The van der Waals surface area contributed by atoms with E-state index in [9.17, 15) is 5.11 Å². The molecule has 1 aliphatic heterocycles. The Bertz CT molecular complexity index is 260. The molecule has 0 bridgehead atoms. The van der Waals surface area contributed by atoms with Crippen molar-refractivity contribution >= 4 is 0 Å². The first-order valence-electron chi connectivity index (χ1n) is 3.60. The summed E-state index contributed by atoms with van der Waals surface area (Å²) in [5, 5.41) is 26.2. The van der Waals surface area contributed by atoms with Crippen molar-refractivity contribution in [1.29, 1.82) is 10.5 Å². The molecule has 1 N–H and O–H groups in total. The van der Waals surface area contributed by atoms with Crippen LogP contribution in [0.15, 0.2) is 11.3 Å². The topological polar surface area (TPSA) is 77.0 Å². The van der Waals surface area contributed by atoms with Crippen molar-refractivity contribution in [2.45, 2.75) is 6.42 Å². The fourth-order valence-electron chi connectivity index (χ4n) is 1.09. The molecule has 4 heteroatoms. The number of ether oxygens (including phenoxy) is 1. The molecule has 12 heavy (non-hydrogen) atoms. The highest BCUT2D eigenvalue weighted by atomic mass is 16.5. The summed E-state index contributed by atoms with van der Waals surface area (Å²) in [5.74, 6) is -0.295. The molecule has 0 aromatic heterocycles. The highest BCUT2D eigenvalue weighted by Crippen LogP contribution is 2.21. The molecule has 4 nitrogen and oxygen atoms in total. The van der Waals surface area contributed by atoms with Crippen LogP contribution in [0.4, 0.5) is 0 Å². The molecular formula is C8H8N2O2. The zero-order valence-corrected chi connectivity index (χ0v) is 6.45. The SMILES string of the molecule is N#CC(C#N)=C(O)C1CCOC1. The molecule has 0 aromatic rings. The summed E-state index contributed by atoms with van der Waals surface area (Å²) < 4.78 is 5.00. The molecule has 0 spiro atoms. The van der Waals surface area contributed by atoms with Crippen LogP contribution in [0.5, 0.6) is 0 Å². The van der Waals surface area contributed by atoms with E-state index in [2.05, 4.69) is 0 Å². The van der Waals surface area contributed by atoms with Crippen molar-refractivity contribution in [2.75, 3.05) is 13.2 Å². The smallest absolute Gasteiger partial charge is 0.167 e. The van der Waals surface area contributed by atoms with Gasteiger partial charge in [0.2, 0.25) is 0 Å². The van der Waals surface area contributed by atoms with Crippen LogP contribution in [-0.2, 0) is 4.74 Å². The van der Waals surface area contributed by atoms with Gasteiger partial charge in [-0.2, -0.15) is 10.5 Å². The van der Waals surface area contributed by atoms with Gasteiger partial charge in [0.15, 0.2) is 5.57 Å². The van der Waals surface area contributed by atoms with Crippen LogP contribution < -0.4 is 0 Å². The fourth-order valence-corrected chi connectivity index (χ4v) is 1.09. The van der Waals surface area contributed by atoms with Gasteiger partial charge in [-0.25, -0.2) is 0 Å². The first-order chi connectivity index (χ1) is 5.79. The van der Waals surface area contributed by atoms with Crippen molar-refractivity contribution in [3.63, 3.8) is 0 Å². The molecule has 1 saturated heterocycles. The lowest BCUT2D eigenvalue weighted by atomic mass is 10.0. The molecule has 0 radical (unpaired) electrons. The normalized spacial score (nSPS) is 21.0. The Morgan fingerprint density at radius 3 is 2.50 bits per heavy atom. The van der Waals surface area contributed by atoms with Gasteiger partial charge in [0.25, 0.3) is 0 Å². The highest BCUT2D eigenvalue weighted by Gasteiger charge is 2.22. The third-order valence-electron chi connectivity index (χ3n) is 1.80. The number of allylic oxidation sites excluding steroid dienone is 1. The van der Waals surface area contributed by atoms with Gasteiger partial charge >= 0.3 is 0 Å². The maximum atomic E-state index is 9.36. The maximum absolute atomic E-state index is 9.36. The maximum Gasteiger partial charge on any atom is 0.167 e. The lowest BCUT2D eigenvalue weighted by Gasteiger charge is -2.04. The summed E-state index contributed by atoms with van der Waals surface area (Å²) >= 11 is 0. The summed E-state index contributed by atoms with van der Waals surface area (Å²) in [6, 6.07) is 3.28. The Labute approximate surface area is 70.3 Å². The molecule has 1 rings (SSSR count). The molecule has 1 heterocycles. The quantitative estimate of drug-likeness (QED) is 0.461. The molecule has 1 atom stereocenters. The number of hydrogen-bond acceptors (Lipinski definition) is 4. The van der Waals surface area contributed by atoms with E-state index >= 15 is 0 Å². The van der Waals surface area contributed by atoms with Crippen molar-refractivity contribution in [1.82, 2.24) is 0 Å². The van der Waals surface area contributed by atoms with E-state index in [-0.39, 0.29) is 17.3 Å². The number of nitriles is 2. The van der Waals surface area contributed by atoms with Gasteiger partial charge in [0, 0.05) is 12.5 Å². The Kier molecular flexibility index (Phi) is 2.68. The fraction of sp³-hybridized carbons (Fsp3) is 0.500. The third kappa shape index (κ3) is 1.55. The molecule has 1 aliphatic rings. The minimum absolute atomic E-state index is 0.127. The first kappa shape index (κ1) is 8.58. The molecule has 0 aromatic carbocycles. The highest BCUT2D eigenvalue weighted by molar-refractivity contribution is 5.38. The van der Waals surface area contributed by atoms with Crippen molar-refractivity contribution in [2.24, 2.45) is 5.92 Å². The van der Waals surface area contributed by atoms with Crippen LogP contribution in [-0.4, -0.2) is 18.3 Å². The van der Waals surface area contributed by atoms with Gasteiger partial charge in [-0.3, -0.25) is 0 Å². The van der Waals surface area contributed by atoms with Crippen molar-refractivity contribution in [3.05, 3.63) is 11.3 Å². The second-order valence-corrected chi connectivity index (χ2v) is 2.54. The Hall–Kier alpha value is -1.52. The number of rotatable bonds is 1. The summed E-state index contributed by atoms with van der Waals surface area (Å²) in [4.78, 5) is 0. The summed E-state index contributed by atoms with van der Waals surface area (Å²) in [6.45, 7) is 0.984. The van der Waals surface area contributed by atoms with E-state index in [1.165, 1.54) is 0 Å². The van der Waals surface area contributed by atoms with Crippen LogP contribution in [0, 0.1) is 28.6 Å². The Balaban J connectivity index is 2.81. The van der Waals surface area contributed by atoms with E-state index in [0.717, 1.165) is 0 Å². The van der Waals surface area contributed by atoms with Crippen LogP contribution in [0.2, 0.25) is 0 Å². The number of nitrogens with zero attached hydrogens (tertiary/aromatic N) is 2. The molecule has 0 amide bonds. The standard InChI is InChI=1S/C8H8N2O2/c9-3-7(4-10)8(11)6-1-2-12-5-6/h6,11H,1-2,5H2. The Morgan fingerprint density at radius 1 is 1.42 bits per heavy atom. The predicted octanol–water partition coefficient (Wildman–Crippen LogP) is 0.882. The molecule has 1 unspecified atom stereocenters. The average molecular weight is 164 g/mol. The zero-order valence-electron chi connectivity index (χ0n) is 6.45. The largest absolute Gasteiger partial charge is 0.510 e. The molecule has 62 valence electrons. The molecular weight excluding hydrogens is 156 g/mol. The van der Waals surface area contributed by atoms with Gasteiger partial charge in [-0.1, -0.05) is 0 Å². The lowest BCUT2D eigenvalue weighted by molar-refractivity contribution is 0.181. The minimum Gasteiger partial charge on any atom is -0.510 e. The van der Waals surface area contributed by atoms with Crippen LogP contribution in [0.3, 0.4) is 0 Å². The van der Waals surface area contributed by atoms with Crippen LogP contribution in [0.1, 0.15) is 6.42 Å². The number of hydrogen-bond donors (Lipinski definition) is 1. The van der Waals surface area contributed by atoms with Crippen LogP contribution in [0.25, 0.3) is 0 Å². The van der Waals surface area contributed by atoms with Crippen molar-refractivity contribution < 1.29 is 9.84 Å². The van der Waals surface area contributed by atoms with Gasteiger partial charge in [0.05, 0.1) is 6.61 Å². The van der Waals surface area contributed by atoms with Gasteiger partial charge in [-0.05, 0) is 6.42 Å². The van der Waals surface area contributed by atoms with E-state index in [4.69, 9.17) is 15.3 Å². The summed E-state index contributed by atoms with van der Waals surface area (Å²) in [6.07, 6.45) is 0.679. The monoisotopic (exact) mass is 164 g/mol. The van der Waals surface area contributed by atoms with Crippen molar-refractivity contribution in [3.8, 4) is 12.1 Å². The summed E-state index contributed by atoms with van der Waals surface area (Å²) in [7, 11) is 0. The van der Waals surface area contributed by atoms with Gasteiger partial charge in [-0.15, -0.1) is 0 Å². The second kappa shape index (κ2) is 3.75. The Morgan fingerprint density at radius 2 is 2.08 bits per heavy atom. The van der Waals surface area contributed by atoms with Gasteiger partial charge < -0.3 is 9.84 Å². The van der Waals surface area contributed by atoms with E-state index in [0.29, 0.717) is 19.6 Å². The third-order valence-corrected chi connectivity index (χ3v) is 1.80. The molecule has 0 saturated carbocycles. The number of aliphatic hydroxyl groups excluding tert-OH is 1. The summed E-state index contributed by atoms with van der Waals surface area (Å²) in [5.41, 5.74) is -0.203. The zero-order chi connectivity index (χ0) is 8.97. The average Bonchev–Trinajstić information content (AvgIpc) is 2.58. The van der Waals surface area contributed by atoms with E-state index < -0.39 is 0 Å². The first-order valence-corrected chi connectivity index (χ1v) is 3.60. The molecule has 0 aliphatic carbocycles.